The number of carbonyl (C=O) groups is 1. The zero-order valence-electron chi connectivity index (χ0n) is 12.9. The van der Waals surface area contributed by atoms with E-state index < -0.39 is 0 Å². The highest BCUT2D eigenvalue weighted by Crippen LogP contribution is 2.06. The Morgan fingerprint density at radius 3 is 2.85 bits per heavy atom. The predicted octanol–water partition coefficient (Wildman–Crippen LogP) is 2.37. The van der Waals surface area contributed by atoms with Gasteiger partial charge in [-0.25, -0.2) is 4.79 Å². The van der Waals surface area contributed by atoms with E-state index in [-0.39, 0.29) is 6.03 Å². The minimum Gasteiger partial charge on any atom is -0.385 e. The summed E-state index contributed by atoms with van der Waals surface area (Å²) < 4.78 is 7.11. The second-order valence-corrected chi connectivity index (χ2v) is 4.96. The standard InChI is InChI=1S/C15H27N3O2/c1-4-5-9-16-15(19)18(11-7-12-20-3)13-14-8-6-10-17(14)2/h6,8,10H,4-5,7,9,11-13H2,1-3H3,(H,16,19). The van der Waals surface area contributed by atoms with Crippen molar-refractivity contribution in [3.05, 3.63) is 24.0 Å². The zero-order valence-corrected chi connectivity index (χ0v) is 12.9. The summed E-state index contributed by atoms with van der Waals surface area (Å²) in [5.74, 6) is 0. The van der Waals surface area contributed by atoms with Gasteiger partial charge in [-0.2, -0.15) is 0 Å². The van der Waals surface area contributed by atoms with Crippen LogP contribution in [0, 0.1) is 0 Å². The van der Waals surface area contributed by atoms with E-state index >= 15 is 0 Å². The van der Waals surface area contributed by atoms with Gasteiger partial charge in [0, 0.05) is 45.7 Å². The molecule has 0 radical (unpaired) electrons. The summed E-state index contributed by atoms with van der Waals surface area (Å²) >= 11 is 0. The van der Waals surface area contributed by atoms with E-state index in [1.165, 1.54) is 0 Å². The topological polar surface area (TPSA) is 46.5 Å². The number of rotatable bonds is 9. The van der Waals surface area contributed by atoms with Gasteiger partial charge in [0.25, 0.3) is 0 Å². The molecule has 0 spiro atoms. The Kier molecular flexibility index (Phi) is 7.80. The minimum absolute atomic E-state index is 0.00996. The Hall–Kier alpha value is -1.49. The normalized spacial score (nSPS) is 10.6. The Morgan fingerprint density at radius 2 is 2.25 bits per heavy atom. The van der Waals surface area contributed by atoms with Crippen molar-refractivity contribution in [1.29, 1.82) is 0 Å². The number of ether oxygens (including phenoxy) is 1. The van der Waals surface area contributed by atoms with Crippen molar-refractivity contribution in [2.45, 2.75) is 32.7 Å². The number of urea groups is 1. The van der Waals surface area contributed by atoms with Gasteiger partial charge in [-0.15, -0.1) is 0 Å². The van der Waals surface area contributed by atoms with Crippen molar-refractivity contribution in [2.24, 2.45) is 7.05 Å². The van der Waals surface area contributed by atoms with Crippen LogP contribution in [0.1, 0.15) is 31.9 Å². The third-order valence-electron chi connectivity index (χ3n) is 3.27. The zero-order chi connectivity index (χ0) is 14.8. The molecular weight excluding hydrogens is 254 g/mol. The Bertz CT molecular complexity index is 390. The molecule has 1 aromatic rings. The van der Waals surface area contributed by atoms with Crippen LogP contribution in [0.2, 0.25) is 0 Å². The smallest absolute Gasteiger partial charge is 0.317 e. The van der Waals surface area contributed by atoms with Crippen LogP contribution < -0.4 is 5.32 Å². The first-order valence-corrected chi connectivity index (χ1v) is 7.31. The molecule has 0 bridgehead atoms. The largest absolute Gasteiger partial charge is 0.385 e. The Morgan fingerprint density at radius 1 is 1.45 bits per heavy atom. The summed E-state index contributed by atoms with van der Waals surface area (Å²) in [6, 6.07) is 4.05. The third kappa shape index (κ3) is 5.65. The maximum Gasteiger partial charge on any atom is 0.317 e. The molecule has 20 heavy (non-hydrogen) atoms. The molecule has 1 rings (SSSR count). The molecule has 0 aliphatic carbocycles. The fourth-order valence-corrected chi connectivity index (χ4v) is 1.99. The maximum absolute atomic E-state index is 12.2. The van der Waals surface area contributed by atoms with E-state index in [0.717, 1.165) is 31.5 Å². The molecule has 0 saturated heterocycles. The molecule has 1 heterocycles. The fourth-order valence-electron chi connectivity index (χ4n) is 1.99. The summed E-state index contributed by atoms with van der Waals surface area (Å²) in [7, 11) is 3.68. The van der Waals surface area contributed by atoms with Gasteiger partial charge in [0.1, 0.15) is 0 Å². The predicted molar refractivity (Wildman–Crippen MR) is 80.6 cm³/mol. The number of unbranched alkanes of at least 4 members (excludes halogenated alkanes) is 1. The van der Waals surface area contributed by atoms with Crippen LogP contribution in [0.5, 0.6) is 0 Å². The van der Waals surface area contributed by atoms with Crippen LogP contribution in [0.4, 0.5) is 4.79 Å². The molecular formula is C15H27N3O2. The number of methoxy groups -OCH3 is 1. The highest BCUT2D eigenvalue weighted by atomic mass is 16.5. The second kappa shape index (κ2) is 9.42. The summed E-state index contributed by atoms with van der Waals surface area (Å²) in [6.07, 6.45) is 4.95. The first kappa shape index (κ1) is 16.6. The molecule has 5 nitrogen and oxygen atoms in total. The molecule has 114 valence electrons. The first-order valence-electron chi connectivity index (χ1n) is 7.31. The number of amides is 2. The van der Waals surface area contributed by atoms with Crippen molar-refractivity contribution in [3.63, 3.8) is 0 Å². The summed E-state index contributed by atoms with van der Waals surface area (Å²) in [5, 5.41) is 2.98. The second-order valence-electron chi connectivity index (χ2n) is 4.96. The molecule has 0 atom stereocenters. The van der Waals surface area contributed by atoms with E-state index in [0.29, 0.717) is 19.7 Å². The van der Waals surface area contributed by atoms with E-state index in [9.17, 15) is 4.79 Å². The number of aryl methyl sites for hydroxylation is 1. The molecule has 1 N–H and O–H groups in total. The lowest BCUT2D eigenvalue weighted by Gasteiger charge is -2.23. The lowest BCUT2D eigenvalue weighted by atomic mass is 10.3. The van der Waals surface area contributed by atoms with Crippen molar-refractivity contribution in [2.75, 3.05) is 26.8 Å². The number of aromatic nitrogens is 1. The van der Waals surface area contributed by atoms with E-state index in [4.69, 9.17) is 4.74 Å². The summed E-state index contributed by atoms with van der Waals surface area (Å²) in [4.78, 5) is 14.1. The van der Waals surface area contributed by atoms with Gasteiger partial charge in [0.2, 0.25) is 0 Å². The summed E-state index contributed by atoms with van der Waals surface area (Å²) in [6.45, 7) is 4.86. The molecule has 5 heteroatoms. The first-order chi connectivity index (χ1) is 9.69. The van der Waals surface area contributed by atoms with Crippen LogP contribution in [0.15, 0.2) is 18.3 Å². The van der Waals surface area contributed by atoms with E-state index in [1.54, 1.807) is 7.11 Å². The SMILES string of the molecule is CCCCNC(=O)N(CCCOC)Cc1cccn1C. The number of carbonyl (C=O) groups excluding carboxylic acids is 1. The van der Waals surface area contributed by atoms with Gasteiger partial charge in [0.05, 0.1) is 6.54 Å². The molecule has 0 aliphatic heterocycles. The Balaban J connectivity index is 2.54. The number of nitrogens with zero attached hydrogens (tertiary/aromatic N) is 2. The molecule has 0 aromatic carbocycles. The van der Waals surface area contributed by atoms with Gasteiger partial charge >= 0.3 is 6.03 Å². The highest BCUT2D eigenvalue weighted by Gasteiger charge is 2.14. The fraction of sp³-hybridized carbons (Fsp3) is 0.667. The Labute approximate surface area is 121 Å². The van der Waals surface area contributed by atoms with Crippen LogP contribution >= 0.6 is 0 Å². The molecule has 0 fully saturated rings. The average Bonchev–Trinajstić information content (AvgIpc) is 2.83. The molecule has 2 amide bonds. The van der Waals surface area contributed by atoms with Crippen LogP contribution in [-0.2, 0) is 18.3 Å². The number of nitrogens with one attached hydrogen (secondary N) is 1. The quantitative estimate of drug-likeness (QED) is 0.706. The minimum atomic E-state index is 0.00996. The van der Waals surface area contributed by atoms with Crippen LogP contribution in [0.25, 0.3) is 0 Å². The maximum atomic E-state index is 12.2. The van der Waals surface area contributed by atoms with Gasteiger partial charge in [-0.1, -0.05) is 13.3 Å². The number of hydrogen-bond acceptors (Lipinski definition) is 2. The lowest BCUT2D eigenvalue weighted by molar-refractivity contribution is 0.165. The van der Waals surface area contributed by atoms with Crippen LogP contribution in [-0.4, -0.2) is 42.3 Å². The molecule has 0 saturated carbocycles. The van der Waals surface area contributed by atoms with Gasteiger partial charge < -0.3 is 19.5 Å². The average molecular weight is 281 g/mol. The lowest BCUT2D eigenvalue weighted by Crippen LogP contribution is -2.41. The van der Waals surface area contributed by atoms with E-state index in [1.807, 2.05) is 34.8 Å². The highest BCUT2D eigenvalue weighted by molar-refractivity contribution is 5.74. The van der Waals surface area contributed by atoms with Crippen LogP contribution in [0.3, 0.4) is 0 Å². The van der Waals surface area contributed by atoms with Crippen molar-refractivity contribution in [1.82, 2.24) is 14.8 Å². The van der Waals surface area contributed by atoms with E-state index in [2.05, 4.69) is 12.2 Å². The van der Waals surface area contributed by atoms with Gasteiger partial charge in [-0.05, 0) is 25.0 Å². The molecule has 0 aliphatic rings. The van der Waals surface area contributed by atoms with Crippen molar-refractivity contribution in [3.8, 4) is 0 Å². The third-order valence-corrected chi connectivity index (χ3v) is 3.27. The number of hydrogen-bond donors (Lipinski definition) is 1. The van der Waals surface area contributed by atoms with Crippen molar-refractivity contribution < 1.29 is 9.53 Å². The van der Waals surface area contributed by atoms with Gasteiger partial charge in [-0.3, -0.25) is 0 Å². The molecule has 0 unspecified atom stereocenters. The monoisotopic (exact) mass is 281 g/mol. The molecule has 1 aromatic heterocycles. The summed E-state index contributed by atoms with van der Waals surface area (Å²) in [5.41, 5.74) is 1.13. The van der Waals surface area contributed by atoms with Crippen molar-refractivity contribution >= 4 is 6.03 Å². The van der Waals surface area contributed by atoms with Gasteiger partial charge in [0.15, 0.2) is 0 Å².